The van der Waals surface area contributed by atoms with Crippen molar-refractivity contribution in [3.8, 4) is 0 Å². The van der Waals surface area contributed by atoms with Crippen LogP contribution in [0.1, 0.15) is 17.2 Å². The van der Waals surface area contributed by atoms with Crippen LogP contribution in [0.3, 0.4) is 0 Å². The Hall–Kier alpha value is -1.44. The highest BCUT2D eigenvalue weighted by Crippen LogP contribution is 2.25. The van der Waals surface area contributed by atoms with Crippen molar-refractivity contribution >= 4 is 15.9 Å². The van der Waals surface area contributed by atoms with Crippen LogP contribution in [0.5, 0.6) is 0 Å². The Morgan fingerprint density at radius 2 is 1.80 bits per heavy atom. The number of aromatic nitrogens is 1. The van der Waals surface area contributed by atoms with Gasteiger partial charge in [-0.05, 0) is 34.0 Å². The van der Waals surface area contributed by atoms with Crippen molar-refractivity contribution in [3.63, 3.8) is 0 Å². The maximum Gasteiger partial charge on any atom is 0.133 e. The van der Waals surface area contributed by atoms with E-state index >= 15 is 0 Å². The van der Waals surface area contributed by atoms with Crippen LogP contribution in [0.15, 0.2) is 35.1 Å². The molecule has 1 heterocycles. The summed E-state index contributed by atoms with van der Waals surface area (Å²) in [6.07, 6.45) is 3.37. The molecule has 2 aromatic rings. The summed E-state index contributed by atoms with van der Waals surface area (Å²) in [5.41, 5.74) is 2.77. The van der Waals surface area contributed by atoms with Crippen LogP contribution in [-0.2, 0) is 6.42 Å². The van der Waals surface area contributed by atoms with Crippen molar-refractivity contribution < 1.29 is 13.2 Å². The molecule has 0 bridgehead atoms. The zero-order chi connectivity index (χ0) is 14.7. The predicted octanol–water partition coefficient (Wildman–Crippen LogP) is 3.01. The van der Waals surface area contributed by atoms with Gasteiger partial charge in [-0.15, -0.1) is 0 Å². The molecule has 7 heteroatoms. The molecule has 0 fully saturated rings. The topological polar surface area (TPSA) is 50.9 Å². The number of hydrazine groups is 1. The maximum atomic E-state index is 13.7. The lowest BCUT2D eigenvalue weighted by atomic mass is 9.99. The van der Waals surface area contributed by atoms with E-state index in [9.17, 15) is 13.2 Å². The Morgan fingerprint density at radius 1 is 1.15 bits per heavy atom. The van der Waals surface area contributed by atoms with Gasteiger partial charge < -0.3 is 0 Å². The van der Waals surface area contributed by atoms with Crippen LogP contribution in [0.4, 0.5) is 13.2 Å². The maximum absolute atomic E-state index is 13.7. The molecule has 1 atom stereocenters. The second-order valence-electron chi connectivity index (χ2n) is 4.22. The van der Waals surface area contributed by atoms with E-state index in [4.69, 9.17) is 5.84 Å². The van der Waals surface area contributed by atoms with E-state index in [1.54, 1.807) is 18.5 Å². The van der Waals surface area contributed by atoms with Crippen LogP contribution >= 0.6 is 15.9 Å². The number of nitrogens with zero attached hydrogens (tertiary/aromatic N) is 1. The van der Waals surface area contributed by atoms with Crippen LogP contribution in [0, 0.1) is 17.5 Å². The van der Waals surface area contributed by atoms with Gasteiger partial charge in [0, 0.05) is 34.6 Å². The summed E-state index contributed by atoms with van der Waals surface area (Å²) in [6.45, 7) is 0. The Labute approximate surface area is 122 Å². The monoisotopic (exact) mass is 345 g/mol. The van der Waals surface area contributed by atoms with E-state index in [0.29, 0.717) is 12.1 Å². The molecule has 20 heavy (non-hydrogen) atoms. The number of rotatable bonds is 4. The first kappa shape index (κ1) is 15.0. The highest BCUT2D eigenvalue weighted by atomic mass is 79.9. The van der Waals surface area contributed by atoms with E-state index in [0.717, 1.165) is 10.0 Å². The number of nitrogens with one attached hydrogen (secondary N) is 1. The summed E-state index contributed by atoms with van der Waals surface area (Å²) < 4.78 is 41.1. The van der Waals surface area contributed by atoms with Crippen molar-refractivity contribution in [1.29, 1.82) is 0 Å². The van der Waals surface area contributed by atoms with E-state index in [1.807, 2.05) is 0 Å². The number of hydrogen-bond acceptors (Lipinski definition) is 3. The van der Waals surface area contributed by atoms with Gasteiger partial charge in [-0.25, -0.2) is 13.2 Å². The molecule has 0 saturated carbocycles. The van der Waals surface area contributed by atoms with E-state index in [-0.39, 0.29) is 12.0 Å². The zero-order valence-corrected chi connectivity index (χ0v) is 11.8. The predicted molar refractivity (Wildman–Crippen MR) is 72.0 cm³/mol. The first-order valence-corrected chi connectivity index (χ1v) is 6.50. The molecule has 1 unspecified atom stereocenters. The summed E-state index contributed by atoms with van der Waals surface area (Å²) in [6, 6.07) is 2.19. The Kier molecular flexibility index (Phi) is 4.74. The van der Waals surface area contributed by atoms with Crippen molar-refractivity contribution in [2.24, 2.45) is 5.84 Å². The molecule has 0 saturated heterocycles. The van der Waals surface area contributed by atoms with Gasteiger partial charge >= 0.3 is 0 Å². The van der Waals surface area contributed by atoms with Gasteiger partial charge in [0.25, 0.3) is 0 Å². The molecule has 0 amide bonds. The van der Waals surface area contributed by atoms with Crippen LogP contribution < -0.4 is 11.3 Å². The number of halogens is 4. The lowest BCUT2D eigenvalue weighted by Gasteiger charge is -2.18. The standard InChI is InChI=1S/C13H11BrF3N3/c14-8-1-7(5-19-6-8)2-12(20-18)13-10(16)3-9(15)4-11(13)17/h1,3-6,12,20H,2,18H2. The van der Waals surface area contributed by atoms with Gasteiger partial charge in [-0.1, -0.05) is 0 Å². The Bertz CT molecular complexity index is 599. The summed E-state index contributed by atoms with van der Waals surface area (Å²) in [4.78, 5) is 3.96. The quantitative estimate of drug-likeness (QED) is 0.661. The molecule has 3 nitrogen and oxygen atoms in total. The van der Waals surface area contributed by atoms with E-state index < -0.39 is 23.5 Å². The molecule has 0 aliphatic rings. The number of nitrogens with two attached hydrogens (primary N) is 1. The minimum Gasteiger partial charge on any atom is -0.271 e. The molecule has 106 valence electrons. The first-order chi connectivity index (χ1) is 9.51. The molecular formula is C13H11BrF3N3. The highest BCUT2D eigenvalue weighted by Gasteiger charge is 2.21. The third-order valence-corrected chi connectivity index (χ3v) is 3.23. The summed E-state index contributed by atoms with van der Waals surface area (Å²) in [7, 11) is 0. The Morgan fingerprint density at radius 3 is 2.35 bits per heavy atom. The molecule has 0 aliphatic heterocycles. The molecule has 0 radical (unpaired) electrons. The van der Waals surface area contributed by atoms with Gasteiger partial charge in [0.2, 0.25) is 0 Å². The van der Waals surface area contributed by atoms with E-state index in [1.165, 1.54) is 0 Å². The lowest BCUT2D eigenvalue weighted by Crippen LogP contribution is -2.31. The van der Waals surface area contributed by atoms with Gasteiger partial charge in [-0.3, -0.25) is 16.3 Å². The third kappa shape index (κ3) is 3.36. The van der Waals surface area contributed by atoms with Crippen molar-refractivity contribution in [3.05, 3.63) is 63.6 Å². The normalized spacial score (nSPS) is 12.4. The van der Waals surface area contributed by atoms with Crippen molar-refractivity contribution in [2.75, 3.05) is 0 Å². The lowest BCUT2D eigenvalue weighted by molar-refractivity contribution is 0.461. The third-order valence-electron chi connectivity index (χ3n) is 2.79. The number of pyridine rings is 1. The smallest absolute Gasteiger partial charge is 0.133 e. The largest absolute Gasteiger partial charge is 0.271 e. The van der Waals surface area contributed by atoms with Crippen LogP contribution in [0.25, 0.3) is 0 Å². The zero-order valence-electron chi connectivity index (χ0n) is 10.2. The molecule has 0 spiro atoms. The molecule has 3 N–H and O–H groups in total. The summed E-state index contributed by atoms with van der Waals surface area (Å²) >= 11 is 3.26. The summed E-state index contributed by atoms with van der Waals surface area (Å²) in [5.74, 6) is 2.43. The van der Waals surface area contributed by atoms with Crippen molar-refractivity contribution in [2.45, 2.75) is 12.5 Å². The number of hydrogen-bond donors (Lipinski definition) is 2. The number of benzene rings is 1. The molecule has 1 aromatic carbocycles. The highest BCUT2D eigenvalue weighted by molar-refractivity contribution is 9.10. The van der Waals surface area contributed by atoms with Crippen LogP contribution in [0.2, 0.25) is 0 Å². The molecule has 2 rings (SSSR count). The van der Waals surface area contributed by atoms with Gasteiger partial charge in [0.05, 0.1) is 6.04 Å². The van der Waals surface area contributed by atoms with Gasteiger partial charge in [-0.2, -0.15) is 0 Å². The SMILES string of the molecule is NNC(Cc1cncc(Br)c1)c1c(F)cc(F)cc1F. The van der Waals surface area contributed by atoms with Crippen LogP contribution in [-0.4, -0.2) is 4.98 Å². The molecule has 1 aromatic heterocycles. The van der Waals surface area contributed by atoms with Gasteiger partial charge in [0.15, 0.2) is 0 Å². The molecular weight excluding hydrogens is 335 g/mol. The molecule has 0 aliphatic carbocycles. The average Bonchev–Trinajstić information content (AvgIpc) is 2.36. The fourth-order valence-corrected chi connectivity index (χ4v) is 2.35. The summed E-state index contributed by atoms with van der Waals surface area (Å²) in [5, 5.41) is 0. The second-order valence-corrected chi connectivity index (χ2v) is 5.13. The minimum absolute atomic E-state index is 0.211. The Balaban J connectivity index is 2.34. The fourth-order valence-electron chi connectivity index (χ4n) is 1.93. The van der Waals surface area contributed by atoms with Crippen molar-refractivity contribution in [1.82, 2.24) is 10.4 Å². The van der Waals surface area contributed by atoms with Gasteiger partial charge in [0.1, 0.15) is 17.5 Å². The second kappa shape index (κ2) is 6.34. The van der Waals surface area contributed by atoms with E-state index in [2.05, 4.69) is 26.3 Å². The average molecular weight is 346 g/mol. The first-order valence-electron chi connectivity index (χ1n) is 5.71. The minimum atomic E-state index is -0.978. The fraction of sp³-hybridized carbons (Fsp3) is 0.154.